The number of likely N-dealkylation sites (N-methyl/N-ethyl adjacent to an activating group) is 1. The highest BCUT2D eigenvalue weighted by Gasteiger charge is 2.50. The lowest BCUT2D eigenvalue weighted by atomic mass is 9.97. The van der Waals surface area contributed by atoms with Crippen LogP contribution in [-0.4, -0.2) is 40.0 Å². The van der Waals surface area contributed by atoms with Crippen molar-refractivity contribution in [2.24, 2.45) is 0 Å². The van der Waals surface area contributed by atoms with E-state index < -0.39 is 11.8 Å². The molecular weight excluding hydrogens is 142 g/mol. The van der Waals surface area contributed by atoms with Crippen molar-refractivity contribution in [2.45, 2.75) is 43.6 Å². The Hall–Kier alpha value is -0.120. The predicted molar refractivity (Wildman–Crippen MR) is 41.0 cm³/mol. The number of hydrogen-bond acceptors (Lipinski definition) is 3. The summed E-state index contributed by atoms with van der Waals surface area (Å²) in [6.07, 6.45) is 3.01. The quantitative estimate of drug-likeness (QED) is 0.517. The average Bonchev–Trinajstić information content (AvgIpc) is 2.16. The second kappa shape index (κ2) is 2.19. The van der Waals surface area contributed by atoms with Gasteiger partial charge >= 0.3 is 0 Å². The molecule has 0 aromatic rings. The number of aliphatic hydroxyl groups excluding tert-OH is 1. The van der Waals surface area contributed by atoms with E-state index in [1.165, 1.54) is 0 Å². The van der Waals surface area contributed by atoms with E-state index in [9.17, 15) is 10.2 Å². The molecule has 2 rings (SSSR count). The zero-order valence-electron chi connectivity index (χ0n) is 6.82. The van der Waals surface area contributed by atoms with Gasteiger partial charge in [-0.15, -0.1) is 0 Å². The maximum Gasteiger partial charge on any atom is 0.144 e. The van der Waals surface area contributed by atoms with Crippen LogP contribution in [0.25, 0.3) is 0 Å². The summed E-state index contributed by atoms with van der Waals surface area (Å²) in [6.45, 7) is 0. The summed E-state index contributed by atoms with van der Waals surface area (Å²) >= 11 is 0. The lowest BCUT2D eigenvalue weighted by Gasteiger charge is -2.41. The molecular formula is C8H15NO2. The van der Waals surface area contributed by atoms with Gasteiger partial charge in [0.25, 0.3) is 0 Å². The fraction of sp³-hybridized carbons (Fsp3) is 1.00. The van der Waals surface area contributed by atoms with Gasteiger partial charge < -0.3 is 10.2 Å². The third-order valence-corrected chi connectivity index (χ3v) is 3.31. The molecule has 3 heteroatoms. The molecule has 0 saturated carbocycles. The predicted octanol–water partition coefficient (Wildman–Crippen LogP) is -0.0761. The lowest BCUT2D eigenvalue weighted by molar-refractivity contribution is -0.178. The minimum atomic E-state index is -0.900. The summed E-state index contributed by atoms with van der Waals surface area (Å²) in [7, 11) is 1.90. The minimum Gasteiger partial charge on any atom is -0.389 e. The number of nitrogens with zero attached hydrogens (tertiary/aromatic N) is 1. The van der Waals surface area contributed by atoms with Crippen LogP contribution in [0.5, 0.6) is 0 Å². The van der Waals surface area contributed by atoms with Crippen LogP contribution in [0.3, 0.4) is 0 Å². The number of rotatable bonds is 0. The molecule has 2 fully saturated rings. The molecule has 0 aromatic heterocycles. The Morgan fingerprint density at radius 3 is 2.73 bits per heavy atom. The van der Waals surface area contributed by atoms with Crippen LogP contribution in [-0.2, 0) is 0 Å². The van der Waals surface area contributed by atoms with Gasteiger partial charge in [0.2, 0.25) is 0 Å². The van der Waals surface area contributed by atoms with Crippen LogP contribution in [0, 0.1) is 0 Å². The highest BCUT2D eigenvalue weighted by atomic mass is 16.4. The Labute approximate surface area is 66.6 Å². The first-order valence-electron chi connectivity index (χ1n) is 4.28. The molecule has 3 unspecified atom stereocenters. The molecule has 3 nitrogen and oxygen atoms in total. The van der Waals surface area contributed by atoms with E-state index in [1.807, 2.05) is 11.9 Å². The molecule has 2 N–H and O–H groups in total. The second-order valence-corrected chi connectivity index (χ2v) is 3.78. The number of hydrogen-bond donors (Lipinski definition) is 2. The Bertz CT molecular complexity index is 171. The van der Waals surface area contributed by atoms with Gasteiger partial charge in [0.1, 0.15) is 5.72 Å². The number of aliphatic hydroxyl groups is 2. The summed E-state index contributed by atoms with van der Waals surface area (Å²) < 4.78 is 0. The van der Waals surface area contributed by atoms with Gasteiger partial charge in [0.15, 0.2) is 0 Å². The Kier molecular flexibility index (Phi) is 1.50. The van der Waals surface area contributed by atoms with Crippen molar-refractivity contribution in [2.75, 3.05) is 7.05 Å². The highest BCUT2D eigenvalue weighted by molar-refractivity contribution is 5.00. The van der Waals surface area contributed by atoms with Gasteiger partial charge in [-0.1, -0.05) is 0 Å². The second-order valence-electron chi connectivity index (χ2n) is 3.78. The highest BCUT2D eigenvalue weighted by Crippen LogP contribution is 2.40. The van der Waals surface area contributed by atoms with Crippen LogP contribution in [0.1, 0.15) is 25.7 Å². The van der Waals surface area contributed by atoms with Crippen molar-refractivity contribution < 1.29 is 10.2 Å². The Balaban J connectivity index is 2.26. The molecule has 2 bridgehead atoms. The van der Waals surface area contributed by atoms with E-state index in [0.717, 1.165) is 25.7 Å². The summed E-state index contributed by atoms with van der Waals surface area (Å²) in [4.78, 5) is 1.93. The first kappa shape index (κ1) is 7.53. The molecule has 0 aromatic carbocycles. The lowest BCUT2D eigenvalue weighted by Crippen LogP contribution is -2.56. The van der Waals surface area contributed by atoms with Crippen molar-refractivity contribution in [3.05, 3.63) is 0 Å². The molecule has 0 amide bonds. The van der Waals surface area contributed by atoms with Gasteiger partial charge in [-0.3, -0.25) is 4.90 Å². The van der Waals surface area contributed by atoms with Crippen LogP contribution in [0.4, 0.5) is 0 Å². The van der Waals surface area contributed by atoms with Gasteiger partial charge in [-0.2, -0.15) is 0 Å². The molecule has 0 aliphatic carbocycles. The molecule has 0 spiro atoms. The summed E-state index contributed by atoms with van der Waals surface area (Å²) in [5.74, 6) is 0. The Morgan fingerprint density at radius 1 is 1.36 bits per heavy atom. The number of fused-ring (bicyclic) bond motifs is 2. The van der Waals surface area contributed by atoms with Crippen molar-refractivity contribution in [3.63, 3.8) is 0 Å². The van der Waals surface area contributed by atoms with Crippen LogP contribution >= 0.6 is 0 Å². The molecule has 2 heterocycles. The van der Waals surface area contributed by atoms with E-state index in [-0.39, 0.29) is 0 Å². The van der Waals surface area contributed by atoms with Gasteiger partial charge in [0.05, 0.1) is 6.10 Å². The first-order chi connectivity index (χ1) is 5.14. The van der Waals surface area contributed by atoms with Crippen molar-refractivity contribution in [1.29, 1.82) is 0 Å². The van der Waals surface area contributed by atoms with E-state index in [1.54, 1.807) is 0 Å². The molecule has 2 aliphatic heterocycles. The summed E-state index contributed by atoms with van der Waals surface area (Å²) in [5.41, 5.74) is -0.900. The SMILES string of the molecule is CN1C2CCC(O)C1(O)CC2. The Morgan fingerprint density at radius 2 is 2.09 bits per heavy atom. The van der Waals surface area contributed by atoms with E-state index >= 15 is 0 Å². The van der Waals surface area contributed by atoms with Gasteiger partial charge in [0, 0.05) is 6.04 Å². The normalized spacial score (nSPS) is 51.5. The monoisotopic (exact) mass is 157 g/mol. The van der Waals surface area contributed by atoms with Crippen LogP contribution in [0.15, 0.2) is 0 Å². The molecule has 0 radical (unpaired) electrons. The maximum atomic E-state index is 9.93. The van der Waals surface area contributed by atoms with Crippen LogP contribution < -0.4 is 0 Å². The fourth-order valence-electron chi connectivity index (χ4n) is 2.39. The van der Waals surface area contributed by atoms with Crippen LogP contribution in [0.2, 0.25) is 0 Å². The fourth-order valence-corrected chi connectivity index (χ4v) is 2.39. The zero-order valence-corrected chi connectivity index (χ0v) is 6.82. The van der Waals surface area contributed by atoms with E-state index in [4.69, 9.17) is 0 Å². The topological polar surface area (TPSA) is 43.7 Å². The summed E-state index contributed by atoms with van der Waals surface area (Å²) in [6, 6.07) is 0.503. The smallest absolute Gasteiger partial charge is 0.144 e. The van der Waals surface area contributed by atoms with E-state index in [0.29, 0.717) is 6.04 Å². The maximum absolute atomic E-state index is 9.93. The summed E-state index contributed by atoms with van der Waals surface area (Å²) in [5, 5.41) is 19.5. The molecule has 3 atom stereocenters. The number of piperidine rings is 1. The standard InChI is InChI=1S/C8H15NO2/c1-9-6-2-3-7(10)8(9,11)5-4-6/h6-7,10-11H,2-5H2,1H3. The molecule has 2 aliphatic rings. The molecule has 11 heavy (non-hydrogen) atoms. The third-order valence-electron chi connectivity index (χ3n) is 3.31. The molecule has 64 valence electrons. The average molecular weight is 157 g/mol. The van der Waals surface area contributed by atoms with Crippen molar-refractivity contribution in [3.8, 4) is 0 Å². The largest absolute Gasteiger partial charge is 0.389 e. The zero-order chi connectivity index (χ0) is 8.06. The minimum absolute atomic E-state index is 0.503. The van der Waals surface area contributed by atoms with Crippen molar-refractivity contribution in [1.82, 2.24) is 4.90 Å². The van der Waals surface area contributed by atoms with Crippen molar-refractivity contribution >= 4 is 0 Å². The third kappa shape index (κ3) is 0.849. The van der Waals surface area contributed by atoms with E-state index in [2.05, 4.69) is 0 Å². The van der Waals surface area contributed by atoms with Gasteiger partial charge in [-0.25, -0.2) is 0 Å². The van der Waals surface area contributed by atoms with Gasteiger partial charge in [-0.05, 0) is 32.7 Å². The first-order valence-corrected chi connectivity index (χ1v) is 4.28. The molecule has 2 saturated heterocycles.